The molecule has 0 saturated heterocycles. The predicted molar refractivity (Wildman–Crippen MR) is 85.5 cm³/mol. The third-order valence-electron chi connectivity index (χ3n) is 3.34. The standard InChI is InChI=1S/C18H22O4/c1-13(19)12-22-18(14-4-8-16(20-2)9-5-14)15-6-10-17(21-3)11-7-15/h4-11,13,18-19H,12H2,1-3H3/t13-/m1/s1. The lowest BCUT2D eigenvalue weighted by Gasteiger charge is -2.20. The van der Waals surface area contributed by atoms with Gasteiger partial charge in [0.15, 0.2) is 0 Å². The summed E-state index contributed by atoms with van der Waals surface area (Å²) < 4.78 is 16.3. The van der Waals surface area contributed by atoms with E-state index in [1.54, 1.807) is 21.1 Å². The van der Waals surface area contributed by atoms with Crippen molar-refractivity contribution in [3.63, 3.8) is 0 Å². The molecule has 0 spiro atoms. The first-order valence-corrected chi connectivity index (χ1v) is 7.21. The zero-order valence-corrected chi connectivity index (χ0v) is 13.2. The van der Waals surface area contributed by atoms with Crippen LogP contribution < -0.4 is 9.47 Å². The lowest BCUT2D eigenvalue weighted by molar-refractivity contribution is 0.0136. The molecule has 0 bridgehead atoms. The van der Waals surface area contributed by atoms with Crippen molar-refractivity contribution >= 4 is 0 Å². The molecule has 0 unspecified atom stereocenters. The number of aliphatic hydroxyl groups is 1. The minimum atomic E-state index is -0.515. The molecule has 4 heteroatoms. The van der Waals surface area contributed by atoms with E-state index < -0.39 is 6.10 Å². The molecule has 0 heterocycles. The molecule has 0 aliphatic heterocycles. The highest BCUT2D eigenvalue weighted by atomic mass is 16.5. The first kappa shape index (κ1) is 16.3. The first-order valence-electron chi connectivity index (χ1n) is 7.21. The van der Waals surface area contributed by atoms with Crippen molar-refractivity contribution in [1.82, 2.24) is 0 Å². The van der Waals surface area contributed by atoms with Gasteiger partial charge in [0, 0.05) is 0 Å². The first-order chi connectivity index (χ1) is 10.6. The van der Waals surface area contributed by atoms with Gasteiger partial charge in [0.1, 0.15) is 17.6 Å². The van der Waals surface area contributed by atoms with Gasteiger partial charge in [0.25, 0.3) is 0 Å². The summed E-state index contributed by atoms with van der Waals surface area (Å²) in [6.45, 7) is 1.97. The predicted octanol–water partition coefficient (Wildman–Crippen LogP) is 3.19. The van der Waals surface area contributed by atoms with Gasteiger partial charge in [0.05, 0.1) is 26.9 Å². The summed E-state index contributed by atoms with van der Waals surface area (Å²) in [5, 5.41) is 9.49. The maximum atomic E-state index is 9.49. The monoisotopic (exact) mass is 302 g/mol. The lowest BCUT2D eigenvalue weighted by atomic mass is 10.0. The molecule has 1 N–H and O–H groups in total. The van der Waals surface area contributed by atoms with Gasteiger partial charge in [-0.05, 0) is 42.3 Å². The zero-order valence-electron chi connectivity index (χ0n) is 13.2. The van der Waals surface area contributed by atoms with E-state index in [1.165, 1.54) is 0 Å². The average molecular weight is 302 g/mol. The summed E-state index contributed by atoms with van der Waals surface area (Å²) in [4.78, 5) is 0. The third-order valence-corrected chi connectivity index (χ3v) is 3.34. The summed E-state index contributed by atoms with van der Waals surface area (Å²) in [5.74, 6) is 1.60. The molecule has 0 aliphatic rings. The van der Waals surface area contributed by atoms with Crippen LogP contribution in [-0.4, -0.2) is 32.0 Å². The van der Waals surface area contributed by atoms with Crippen LogP contribution in [0, 0.1) is 0 Å². The fourth-order valence-electron chi connectivity index (χ4n) is 2.18. The van der Waals surface area contributed by atoms with Gasteiger partial charge in [-0.2, -0.15) is 0 Å². The highest BCUT2D eigenvalue weighted by Gasteiger charge is 2.16. The summed E-state index contributed by atoms with van der Waals surface area (Å²) >= 11 is 0. The number of rotatable bonds is 7. The minimum absolute atomic E-state index is 0.244. The van der Waals surface area contributed by atoms with Gasteiger partial charge in [-0.15, -0.1) is 0 Å². The summed E-state index contributed by atoms with van der Waals surface area (Å²) in [5.41, 5.74) is 2.01. The molecule has 22 heavy (non-hydrogen) atoms. The summed E-state index contributed by atoms with van der Waals surface area (Å²) in [7, 11) is 3.28. The number of benzene rings is 2. The Kier molecular flexibility index (Phi) is 5.81. The van der Waals surface area contributed by atoms with Crippen molar-refractivity contribution in [3.05, 3.63) is 59.7 Å². The van der Waals surface area contributed by atoms with Gasteiger partial charge < -0.3 is 19.3 Å². The van der Waals surface area contributed by atoms with E-state index in [1.807, 2.05) is 48.5 Å². The third kappa shape index (κ3) is 4.23. The van der Waals surface area contributed by atoms with Crippen LogP contribution in [-0.2, 0) is 4.74 Å². The van der Waals surface area contributed by atoms with Crippen LogP contribution in [0.3, 0.4) is 0 Å². The van der Waals surface area contributed by atoms with Gasteiger partial charge in [0.2, 0.25) is 0 Å². The Labute approximate surface area is 131 Å². The van der Waals surface area contributed by atoms with Crippen LogP contribution in [0.15, 0.2) is 48.5 Å². The lowest BCUT2D eigenvalue weighted by Crippen LogP contribution is -2.15. The Bertz CT molecular complexity index is 513. The fraction of sp³-hybridized carbons (Fsp3) is 0.333. The van der Waals surface area contributed by atoms with Crippen molar-refractivity contribution < 1.29 is 19.3 Å². The number of hydrogen-bond donors (Lipinski definition) is 1. The van der Waals surface area contributed by atoms with Gasteiger partial charge in [-0.3, -0.25) is 0 Å². The van der Waals surface area contributed by atoms with E-state index in [-0.39, 0.29) is 12.7 Å². The maximum Gasteiger partial charge on any atom is 0.118 e. The van der Waals surface area contributed by atoms with Crippen LogP contribution in [0.4, 0.5) is 0 Å². The van der Waals surface area contributed by atoms with E-state index in [2.05, 4.69) is 0 Å². The summed E-state index contributed by atoms with van der Waals surface area (Å²) in [6.07, 6.45) is -0.759. The minimum Gasteiger partial charge on any atom is -0.497 e. The molecule has 2 aromatic carbocycles. The number of aliphatic hydroxyl groups excluding tert-OH is 1. The van der Waals surface area contributed by atoms with Crippen molar-refractivity contribution in [3.8, 4) is 11.5 Å². The average Bonchev–Trinajstić information content (AvgIpc) is 2.56. The normalized spacial score (nSPS) is 12.2. The van der Waals surface area contributed by atoms with Crippen LogP contribution in [0.1, 0.15) is 24.2 Å². The smallest absolute Gasteiger partial charge is 0.118 e. The number of methoxy groups -OCH3 is 2. The Morgan fingerprint density at radius 2 is 1.23 bits per heavy atom. The molecule has 2 rings (SSSR count). The topological polar surface area (TPSA) is 47.9 Å². The number of ether oxygens (including phenoxy) is 3. The van der Waals surface area contributed by atoms with Crippen molar-refractivity contribution in [2.75, 3.05) is 20.8 Å². The van der Waals surface area contributed by atoms with Crippen molar-refractivity contribution in [1.29, 1.82) is 0 Å². The second-order valence-electron chi connectivity index (χ2n) is 5.11. The quantitative estimate of drug-likeness (QED) is 0.853. The van der Waals surface area contributed by atoms with E-state index in [9.17, 15) is 5.11 Å². The zero-order chi connectivity index (χ0) is 15.9. The molecular formula is C18H22O4. The molecule has 0 fully saturated rings. The van der Waals surface area contributed by atoms with Crippen LogP contribution >= 0.6 is 0 Å². The molecule has 0 aromatic heterocycles. The number of hydrogen-bond acceptors (Lipinski definition) is 4. The van der Waals surface area contributed by atoms with Crippen molar-refractivity contribution in [2.45, 2.75) is 19.1 Å². The SMILES string of the molecule is COc1ccc(C(OC[C@@H](C)O)c2ccc(OC)cc2)cc1. The molecule has 0 amide bonds. The van der Waals surface area contributed by atoms with Crippen molar-refractivity contribution in [2.24, 2.45) is 0 Å². The molecule has 0 aliphatic carbocycles. The van der Waals surface area contributed by atoms with Crippen LogP contribution in [0.5, 0.6) is 11.5 Å². The van der Waals surface area contributed by atoms with Gasteiger partial charge >= 0.3 is 0 Å². The Morgan fingerprint density at radius 1 is 0.818 bits per heavy atom. The maximum absolute atomic E-state index is 9.49. The molecule has 1 atom stereocenters. The van der Waals surface area contributed by atoms with Gasteiger partial charge in [-0.1, -0.05) is 24.3 Å². The highest BCUT2D eigenvalue weighted by Crippen LogP contribution is 2.29. The molecule has 2 aromatic rings. The Morgan fingerprint density at radius 3 is 1.55 bits per heavy atom. The van der Waals surface area contributed by atoms with Crippen LogP contribution in [0.2, 0.25) is 0 Å². The Hall–Kier alpha value is -2.04. The Balaban J connectivity index is 2.27. The van der Waals surface area contributed by atoms with Gasteiger partial charge in [-0.25, -0.2) is 0 Å². The van der Waals surface area contributed by atoms with Crippen LogP contribution in [0.25, 0.3) is 0 Å². The van der Waals surface area contributed by atoms with E-state index in [0.29, 0.717) is 0 Å². The molecule has 118 valence electrons. The second-order valence-corrected chi connectivity index (χ2v) is 5.11. The molecular weight excluding hydrogens is 280 g/mol. The summed E-state index contributed by atoms with van der Waals surface area (Å²) in [6, 6.07) is 15.5. The largest absolute Gasteiger partial charge is 0.497 e. The molecule has 0 radical (unpaired) electrons. The fourth-order valence-corrected chi connectivity index (χ4v) is 2.18. The molecule has 0 saturated carbocycles. The highest BCUT2D eigenvalue weighted by molar-refractivity contribution is 5.36. The van der Waals surface area contributed by atoms with E-state index in [4.69, 9.17) is 14.2 Å². The van der Waals surface area contributed by atoms with E-state index >= 15 is 0 Å². The molecule has 4 nitrogen and oxygen atoms in total. The van der Waals surface area contributed by atoms with E-state index in [0.717, 1.165) is 22.6 Å². The second kappa shape index (κ2) is 7.82.